The van der Waals surface area contributed by atoms with Crippen LogP contribution in [0.4, 0.5) is 11.5 Å². The molecule has 0 spiro atoms. The highest BCUT2D eigenvalue weighted by atomic mass is 32.1. The van der Waals surface area contributed by atoms with Crippen LogP contribution >= 0.6 is 11.3 Å². The van der Waals surface area contributed by atoms with E-state index in [1.807, 2.05) is 46.3 Å². The summed E-state index contributed by atoms with van der Waals surface area (Å²) in [6.07, 6.45) is 1.62. The van der Waals surface area contributed by atoms with Crippen LogP contribution in [0.3, 0.4) is 0 Å². The van der Waals surface area contributed by atoms with Gasteiger partial charge in [-0.15, -0.1) is 11.3 Å². The predicted octanol–water partition coefficient (Wildman–Crippen LogP) is 3.56. The van der Waals surface area contributed by atoms with Crippen LogP contribution in [-0.4, -0.2) is 26.2 Å². The van der Waals surface area contributed by atoms with Crippen molar-refractivity contribution in [3.8, 4) is 16.5 Å². The first-order valence-electron chi connectivity index (χ1n) is 7.90. The molecule has 0 saturated heterocycles. The number of nitrogen functional groups attached to an aromatic ring is 1. The number of hydrogen-bond donors (Lipinski definition) is 3. The number of benzene rings is 1. The minimum absolute atomic E-state index is 0.235. The van der Waals surface area contributed by atoms with Crippen LogP contribution in [0.25, 0.3) is 21.7 Å². The Hall–Kier alpha value is -3.06. The molecule has 3 aromatic heterocycles. The highest BCUT2D eigenvalue weighted by molar-refractivity contribution is 7.13. The largest absolute Gasteiger partial charge is 0.506 e. The van der Waals surface area contributed by atoms with Crippen molar-refractivity contribution in [2.24, 2.45) is 0 Å². The van der Waals surface area contributed by atoms with E-state index in [-0.39, 0.29) is 5.75 Å². The number of nitrogens with one attached hydrogen (secondary N) is 1. The van der Waals surface area contributed by atoms with Crippen LogP contribution in [0.15, 0.2) is 54.0 Å². The van der Waals surface area contributed by atoms with E-state index in [9.17, 15) is 5.11 Å². The highest BCUT2D eigenvalue weighted by Crippen LogP contribution is 2.32. The first-order valence-corrected chi connectivity index (χ1v) is 8.78. The Balaban J connectivity index is 1.65. The molecule has 7 heteroatoms. The second-order valence-corrected chi connectivity index (χ2v) is 6.56. The number of thiophene rings is 1. The molecule has 0 fully saturated rings. The number of para-hydroxylation sites is 1. The lowest BCUT2D eigenvalue weighted by Gasteiger charge is -2.11. The van der Waals surface area contributed by atoms with Gasteiger partial charge in [0.25, 0.3) is 0 Å². The summed E-state index contributed by atoms with van der Waals surface area (Å²) in [6.45, 7) is 1.29. The molecule has 6 nitrogen and oxygen atoms in total. The third-order valence-electron chi connectivity index (χ3n) is 3.91. The van der Waals surface area contributed by atoms with Gasteiger partial charge in [-0.3, -0.25) is 0 Å². The molecule has 4 aromatic rings. The maximum absolute atomic E-state index is 10.3. The molecule has 1 aromatic carbocycles. The van der Waals surface area contributed by atoms with Gasteiger partial charge in [-0.2, -0.15) is 0 Å². The van der Waals surface area contributed by atoms with Crippen molar-refractivity contribution >= 4 is 33.9 Å². The summed E-state index contributed by atoms with van der Waals surface area (Å²) in [6, 6.07) is 13.1. The maximum atomic E-state index is 10.3. The molecule has 25 heavy (non-hydrogen) atoms. The summed E-state index contributed by atoms with van der Waals surface area (Å²) < 4.78 is 2.04. The first kappa shape index (κ1) is 15.5. The zero-order valence-corrected chi connectivity index (χ0v) is 14.2. The summed E-state index contributed by atoms with van der Waals surface area (Å²) in [4.78, 5) is 10.0. The Morgan fingerprint density at radius 2 is 2.08 bits per heavy atom. The third-order valence-corrected chi connectivity index (χ3v) is 4.78. The highest BCUT2D eigenvalue weighted by Gasteiger charge is 2.15. The van der Waals surface area contributed by atoms with Crippen molar-refractivity contribution in [2.75, 3.05) is 17.6 Å². The van der Waals surface area contributed by atoms with Crippen LogP contribution in [0, 0.1) is 0 Å². The smallest absolute Gasteiger partial charge is 0.151 e. The van der Waals surface area contributed by atoms with Gasteiger partial charge in [0.2, 0.25) is 0 Å². The predicted molar refractivity (Wildman–Crippen MR) is 102 cm³/mol. The number of fused-ring (bicyclic) bond motifs is 1. The number of nitrogens with zero attached hydrogens (tertiary/aromatic N) is 3. The molecule has 4 N–H and O–H groups in total. The number of nitrogens with two attached hydrogens (primary N) is 1. The first-order chi connectivity index (χ1) is 12.2. The Kier molecular flexibility index (Phi) is 3.99. The Bertz CT molecular complexity index is 992. The number of phenols is 1. The molecular weight excluding hydrogens is 334 g/mol. The van der Waals surface area contributed by atoms with Gasteiger partial charge >= 0.3 is 0 Å². The fraction of sp³-hybridized carbons (Fsp3) is 0.111. The minimum atomic E-state index is 0.235. The van der Waals surface area contributed by atoms with E-state index >= 15 is 0 Å². The standard InChI is InChI=1S/C18H17N5OS/c19-12-6-7-16(21-11-12)20-8-9-23-17-13(3-1-4-14(17)24)22-18(23)15-5-2-10-25-15/h1-7,10-11,24H,8-9,19H2,(H,20,21). The second-order valence-electron chi connectivity index (χ2n) is 5.61. The average molecular weight is 351 g/mol. The third kappa shape index (κ3) is 3.01. The fourth-order valence-corrected chi connectivity index (χ4v) is 3.51. The van der Waals surface area contributed by atoms with Crippen LogP contribution in [0.2, 0.25) is 0 Å². The SMILES string of the molecule is Nc1ccc(NCCn2c(-c3cccs3)nc3cccc(O)c32)nc1. The van der Waals surface area contributed by atoms with E-state index in [1.54, 1.807) is 23.6 Å². The van der Waals surface area contributed by atoms with Gasteiger partial charge < -0.3 is 20.7 Å². The second kappa shape index (κ2) is 6.45. The number of phenolic OH excluding ortho intramolecular Hbond substituents is 1. The molecule has 0 unspecified atom stereocenters. The van der Waals surface area contributed by atoms with E-state index < -0.39 is 0 Å². The summed E-state index contributed by atoms with van der Waals surface area (Å²) in [5.41, 5.74) is 7.83. The van der Waals surface area contributed by atoms with E-state index in [0.717, 1.165) is 27.6 Å². The summed E-state index contributed by atoms with van der Waals surface area (Å²) >= 11 is 1.63. The number of imidazole rings is 1. The number of aromatic nitrogens is 3. The summed E-state index contributed by atoms with van der Waals surface area (Å²) in [5, 5.41) is 15.6. The Morgan fingerprint density at radius 3 is 2.84 bits per heavy atom. The quantitative estimate of drug-likeness (QED) is 0.511. The maximum Gasteiger partial charge on any atom is 0.151 e. The van der Waals surface area contributed by atoms with Crippen LogP contribution in [-0.2, 0) is 6.54 Å². The van der Waals surface area contributed by atoms with E-state index in [1.165, 1.54) is 0 Å². The van der Waals surface area contributed by atoms with E-state index in [2.05, 4.69) is 10.3 Å². The van der Waals surface area contributed by atoms with Crippen molar-refractivity contribution in [3.63, 3.8) is 0 Å². The lowest BCUT2D eigenvalue weighted by molar-refractivity contribution is 0.478. The number of anilines is 2. The fourth-order valence-electron chi connectivity index (χ4n) is 2.78. The molecule has 126 valence electrons. The van der Waals surface area contributed by atoms with E-state index in [0.29, 0.717) is 18.8 Å². The lowest BCUT2D eigenvalue weighted by Crippen LogP contribution is -2.12. The number of rotatable bonds is 5. The number of pyridine rings is 1. The molecule has 0 atom stereocenters. The molecule has 0 bridgehead atoms. The van der Waals surface area contributed by atoms with Crippen molar-refractivity contribution < 1.29 is 5.11 Å². The molecule has 0 aliphatic heterocycles. The molecular formula is C18H17N5OS. The monoisotopic (exact) mass is 351 g/mol. The van der Waals surface area contributed by atoms with Gasteiger partial charge in [0.05, 0.1) is 22.3 Å². The van der Waals surface area contributed by atoms with Crippen LogP contribution in [0.1, 0.15) is 0 Å². The van der Waals surface area contributed by atoms with Crippen molar-refractivity contribution in [1.29, 1.82) is 0 Å². The minimum Gasteiger partial charge on any atom is -0.506 e. The van der Waals surface area contributed by atoms with E-state index in [4.69, 9.17) is 10.7 Å². The molecule has 0 amide bonds. The molecule has 4 rings (SSSR count). The van der Waals surface area contributed by atoms with Gasteiger partial charge in [-0.05, 0) is 35.7 Å². The van der Waals surface area contributed by atoms with Crippen molar-refractivity contribution in [2.45, 2.75) is 6.54 Å². The zero-order chi connectivity index (χ0) is 17.2. The average Bonchev–Trinajstić information content (AvgIpc) is 3.25. The molecule has 0 radical (unpaired) electrons. The zero-order valence-electron chi connectivity index (χ0n) is 13.4. The summed E-state index contributed by atoms with van der Waals surface area (Å²) in [5.74, 6) is 1.86. The Morgan fingerprint density at radius 1 is 1.16 bits per heavy atom. The molecule has 0 aliphatic carbocycles. The lowest BCUT2D eigenvalue weighted by atomic mass is 10.3. The topological polar surface area (TPSA) is 89.0 Å². The van der Waals surface area contributed by atoms with Gasteiger partial charge in [-0.1, -0.05) is 12.1 Å². The van der Waals surface area contributed by atoms with Gasteiger partial charge in [0.15, 0.2) is 5.82 Å². The molecule has 3 heterocycles. The Labute approximate surface area is 148 Å². The molecule has 0 saturated carbocycles. The van der Waals surface area contributed by atoms with Crippen molar-refractivity contribution in [3.05, 3.63) is 54.0 Å². The van der Waals surface area contributed by atoms with Gasteiger partial charge in [0, 0.05) is 13.1 Å². The van der Waals surface area contributed by atoms with Crippen LogP contribution < -0.4 is 11.1 Å². The molecule has 0 aliphatic rings. The van der Waals surface area contributed by atoms with Gasteiger partial charge in [0.1, 0.15) is 17.1 Å². The van der Waals surface area contributed by atoms with Gasteiger partial charge in [-0.25, -0.2) is 9.97 Å². The van der Waals surface area contributed by atoms with Crippen molar-refractivity contribution in [1.82, 2.24) is 14.5 Å². The number of aromatic hydroxyl groups is 1. The number of hydrogen-bond acceptors (Lipinski definition) is 6. The van der Waals surface area contributed by atoms with Crippen LogP contribution in [0.5, 0.6) is 5.75 Å². The summed E-state index contributed by atoms with van der Waals surface area (Å²) in [7, 11) is 0. The normalized spacial score (nSPS) is 11.0.